The number of aromatic nitrogens is 2. The topological polar surface area (TPSA) is 50.6 Å². The number of benzene rings is 1. The van der Waals surface area contributed by atoms with Crippen molar-refractivity contribution < 1.29 is 9.53 Å². The monoisotopic (exact) mass is 342 g/mol. The number of carbonyl (C=O) groups excluding carboxylic acids is 1. The number of hydrogen-bond acceptors (Lipinski definition) is 4. The first-order chi connectivity index (χ1) is 12.1. The van der Waals surface area contributed by atoms with Crippen LogP contribution in [0, 0.1) is 0 Å². The maximum atomic E-state index is 12.8. The van der Waals surface area contributed by atoms with Gasteiger partial charge in [0.25, 0.3) is 5.91 Å². The fourth-order valence-corrected chi connectivity index (χ4v) is 3.43. The van der Waals surface area contributed by atoms with Crippen molar-refractivity contribution >= 4 is 5.91 Å². The molecule has 1 fully saturated rings. The van der Waals surface area contributed by atoms with Crippen molar-refractivity contribution in [2.45, 2.75) is 25.1 Å². The van der Waals surface area contributed by atoms with Gasteiger partial charge in [-0.2, -0.15) is 0 Å². The second-order valence-electron chi connectivity index (χ2n) is 6.81. The normalized spacial score (nSPS) is 20.8. The molecule has 2 heterocycles. The highest BCUT2D eigenvalue weighted by Crippen LogP contribution is 2.19. The first kappa shape index (κ1) is 17.6. The molecular weight excluding hydrogens is 316 g/mol. The standard InChI is InChI=1S/C19H26N4O2/c1-21-13-18(25-3)10-17(21)12-22(2)19(24)16-6-4-5-15(9-16)11-23-8-7-20-14-23/h4-9,14,17-18H,10-13H2,1-3H3/t17-,18-/m0/s1. The second kappa shape index (κ2) is 7.80. The van der Waals surface area contributed by atoms with Crippen molar-refractivity contribution in [1.82, 2.24) is 19.4 Å². The van der Waals surface area contributed by atoms with Crippen LogP contribution in [0.15, 0.2) is 43.0 Å². The molecule has 1 aliphatic heterocycles. The maximum Gasteiger partial charge on any atom is 0.253 e. The molecule has 1 aliphatic rings. The Hall–Kier alpha value is -2.18. The summed E-state index contributed by atoms with van der Waals surface area (Å²) in [5.74, 6) is 0.0572. The molecule has 0 spiro atoms. The van der Waals surface area contributed by atoms with Gasteiger partial charge in [0.1, 0.15) is 0 Å². The molecule has 1 amide bonds. The molecule has 6 heteroatoms. The molecule has 0 saturated carbocycles. The molecular formula is C19H26N4O2. The van der Waals surface area contributed by atoms with Crippen molar-refractivity contribution in [1.29, 1.82) is 0 Å². The molecule has 0 N–H and O–H groups in total. The number of carbonyl (C=O) groups is 1. The number of rotatable bonds is 6. The van der Waals surface area contributed by atoms with Gasteiger partial charge in [0, 0.05) is 57.8 Å². The fourth-order valence-electron chi connectivity index (χ4n) is 3.43. The Labute approximate surface area is 149 Å². The van der Waals surface area contributed by atoms with Crippen LogP contribution in [-0.4, -0.2) is 71.7 Å². The van der Waals surface area contributed by atoms with Crippen LogP contribution < -0.4 is 0 Å². The van der Waals surface area contributed by atoms with Gasteiger partial charge < -0.3 is 14.2 Å². The van der Waals surface area contributed by atoms with Crippen LogP contribution in [0.25, 0.3) is 0 Å². The van der Waals surface area contributed by atoms with Crippen LogP contribution in [0.3, 0.4) is 0 Å². The van der Waals surface area contributed by atoms with Gasteiger partial charge in [0.05, 0.1) is 12.4 Å². The fraction of sp³-hybridized carbons (Fsp3) is 0.474. The molecule has 1 saturated heterocycles. The van der Waals surface area contributed by atoms with Gasteiger partial charge in [-0.3, -0.25) is 9.69 Å². The predicted octanol–water partition coefficient (Wildman–Crippen LogP) is 1.72. The number of imidazole rings is 1. The van der Waals surface area contributed by atoms with Gasteiger partial charge in [0.2, 0.25) is 0 Å². The quantitative estimate of drug-likeness (QED) is 0.802. The summed E-state index contributed by atoms with van der Waals surface area (Å²) >= 11 is 0. The third kappa shape index (κ3) is 4.27. The second-order valence-corrected chi connectivity index (χ2v) is 6.81. The number of hydrogen-bond donors (Lipinski definition) is 0. The van der Waals surface area contributed by atoms with Gasteiger partial charge in [-0.15, -0.1) is 0 Å². The number of likely N-dealkylation sites (N-methyl/N-ethyl adjacent to an activating group) is 2. The van der Waals surface area contributed by atoms with E-state index in [0.717, 1.165) is 24.1 Å². The molecule has 0 unspecified atom stereocenters. The zero-order chi connectivity index (χ0) is 17.8. The Balaban J connectivity index is 1.64. The smallest absolute Gasteiger partial charge is 0.253 e. The largest absolute Gasteiger partial charge is 0.380 e. The van der Waals surface area contributed by atoms with E-state index >= 15 is 0 Å². The van der Waals surface area contributed by atoms with E-state index in [0.29, 0.717) is 19.1 Å². The molecule has 0 radical (unpaired) electrons. The highest BCUT2D eigenvalue weighted by molar-refractivity contribution is 5.94. The van der Waals surface area contributed by atoms with Gasteiger partial charge >= 0.3 is 0 Å². The molecule has 1 aromatic carbocycles. The first-order valence-corrected chi connectivity index (χ1v) is 8.60. The van der Waals surface area contributed by atoms with Gasteiger partial charge in [-0.05, 0) is 31.2 Å². The SMILES string of the molecule is CO[C@H]1C[C@@H](CN(C)C(=O)c2cccc(Cn3ccnc3)c2)N(C)C1. The van der Waals surface area contributed by atoms with Crippen molar-refractivity contribution in [3.8, 4) is 0 Å². The van der Waals surface area contributed by atoms with E-state index in [-0.39, 0.29) is 12.0 Å². The van der Waals surface area contributed by atoms with Crippen LogP contribution in [-0.2, 0) is 11.3 Å². The highest BCUT2D eigenvalue weighted by atomic mass is 16.5. The summed E-state index contributed by atoms with van der Waals surface area (Å²) < 4.78 is 7.44. The third-order valence-electron chi connectivity index (χ3n) is 4.91. The molecule has 6 nitrogen and oxygen atoms in total. The predicted molar refractivity (Wildman–Crippen MR) is 96.6 cm³/mol. The van der Waals surface area contributed by atoms with E-state index in [1.54, 1.807) is 19.6 Å². The lowest BCUT2D eigenvalue weighted by molar-refractivity contribution is 0.0760. The van der Waals surface area contributed by atoms with Gasteiger partial charge in [0.15, 0.2) is 0 Å². The van der Waals surface area contributed by atoms with Crippen molar-refractivity contribution in [2.24, 2.45) is 0 Å². The van der Waals surface area contributed by atoms with Crippen LogP contribution >= 0.6 is 0 Å². The van der Waals surface area contributed by atoms with Crippen LogP contribution in [0.2, 0.25) is 0 Å². The molecule has 25 heavy (non-hydrogen) atoms. The number of amides is 1. The van der Waals surface area contributed by atoms with Crippen LogP contribution in [0.1, 0.15) is 22.3 Å². The molecule has 0 aliphatic carbocycles. The Morgan fingerprint density at radius 1 is 1.44 bits per heavy atom. The zero-order valence-electron chi connectivity index (χ0n) is 15.1. The molecule has 3 rings (SSSR count). The zero-order valence-corrected chi connectivity index (χ0v) is 15.1. The maximum absolute atomic E-state index is 12.8. The van der Waals surface area contributed by atoms with E-state index in [2.05, 4.69) is 16.9 Å². The van der Waals surface area contributed by atoms with E-state index in [1.165, 1.54) is 0 Å². The molecule has 1 aromatic heterocycles. The minimum atomic E-state index is 0.0572. The molecule has 134 valence electrons. The summed E-state index contributed by atoms with van der Waals surface area (Å²) in [5, 5.41) is 0. The first-order valence-electron chi connectivity index (χ1n) is 8.60. The van der Waals surface area contributed by atoms with Crippen LogP contribution in [0.4, 0.5) is 0 Å². The number of nitrogens with zero attached hydrogens (tertiary/aromatic N) is 4. The highest BCUT2D eigenvalue weighted by Gasteiger charge is 2.31. The van der Waals surface area contributed by atoms with E-state index in [9.17, 15) is 4.79 Å². The summed E-state index contributed by atoms with van der Waals surface area (Å²) in [4.78, 5) is 20.9. The van der Waals surface area contributed by atoms with E-state index in [4.69, 9.17) is 4.74 Å². The summed E-state index contributed by atoms with van der Waals surface area (Å²) in [7, 11) is 5.72. The number of ether oxygens (including phenoxy) is 1. The summed E-state index contributed by atoms with van der Waals surface area (Å²) in [6, 6.07) is 8.16. The number of likely N-dealkylation sites (tertiary alicyclic amines) is 1. The lowest BCUT2D eigenvalue weighted by Crippen LogP contribution is -2.39. The Bertz CT molecular complexity index is 701. The average molecular weight is 342 g/mol. The Morgan fingerprint density at radius 2 is 2.28 bits per heavy atom. The molecule has 2 aromatic rings. The minimum absolute atomic E-state index is 0.0572. The minimum Gasteiger partial charge on any atom is -0.380 e. The summed E-state index contributed by atoms with van der Waals surface area (Å²) in [5.41, 5.74) is 1.82. The lowest BCUT2D eigenvalue weighted by Gasteiger charge is -2.25. The van der Waals surface area contributed by atoms with Crippen molar-refractivity contribution in [3.63, 3.8) is 0 Å². The van der Waals surface area contributed by atoms with Crippen molar-refractivity contribution in [2.75, 3.05) is 34.3 Å². The van der Waals surface area contributed by atoms with Crippen LogP contribution in [0.5, 0.6) is 0 Å². The van der Waals surface area contributed by atoms with E-state index in [1.807, 2.05) is 47.0 Å². The lowest BCUT2D eigenvalue weighted by atomic mass is 10.1. The number of methoxy groups -OCH3 is 1. The molecule has 0 bridgehead atoms. The van der Waals surface area contributed by atoms with E-state index < -0.39 is 0 Å². The summed E-state index contributed by atoms with van der Waals surface area (Å²) in [6.45, 7) is 2.34. The van der Waals surface area contributed by atoms with Crippen molar-refractivity contribution in [3.05, 3.63) is 54.1 Å². The van der Waals surface area contributed by atoms with Gasteiger partial charge in [-0.1, -0.05) is 12.1 Å². The average Bonchev–Trinajstić information content (AvgIpc) is 3.24. The molecule has 2 atom stereocenters. The Morgan fingerprint density at radius 3 is 2.96 bits per heavy atom. The van der Waals surface area contributed by atoms with Gasteiger partial charge in [-0.25, -0.2) is 4.98 Å². The third-order valence-corrected chi connectivity index (χ3v) is 4.91. The summed E-state index contributed by atoms with van der Waals surface area (Å²) in [6.07, 6.45) is 6.68. The Kier molecular flexibility index (Phi) is 5.50.